The van der Waals surface area contributed by atoms with Gasteiger partial charge < -0.3 is 5.32 Å². The molecule has 0 saturated carbocycles. The first kappa shape index (κ1) is 15.2. The van der Waals surface area contributed by atoms with E-state index in [0.717, 1.165) is 26.2 Å². The van der Waals surface area contributed by atoms with Crippen LogP contribution in [0.25, 0.3) is 0 Å². The normalized spacial score (nSPS) is 22.1. The van der Waals surface area contributed by atoms with E-state index in [-0.39, 0.29) is 5.82 Å². The molecule has 116 valence electrons. The maximum Gasteiger partial charge on any atom is 0.123 e. The first-order valence-electron chi connectivity index (χ1n) is 7.92. The zero-order valence-electron chi connectivity index (χ0n) is 13.0. The van der Waals surface area contributed by atoms with Crippen LogP contribution >= 0.6 is 0 Å². The zero-order valence-corrected chi connectivity index (χ0v) is 13.0. The molecule has 0 aliphatic carbocycles. The van der Waals surface area contributed by atoms with Crippen molar-refractivity contribution in [1.82, 2.24) is 10.2 Å². The van der Waals surface area contributed by atoms with Gasteiger partial charge in [0.25, 0.3) is 0 Å². The summed E-state index contributed by atoms with van der Waals surface area (Å²) in [6.45, 7) is 4.09. The Kier molecular flexibility index (Phi) is 4.86. The van der Waals surface area contributed by atoms with Crippen LogP contribution in [0.1, 0.15) is 17.0 Å². The highest BCUT2D eigenvalue weighted by Gasteiger charge is 2.33. The molecule has 1 N–H and O–H groups in total. The third-order valence-corrected chi connectivity index (χ3v) is 4.53. The van der Waals surface area contributed by atoms with Gasteiger partial charge in [0, 0.05) is 25.6 Å². The SMILES string of the molecule is CNC[C@@H]1CN(Cc2ccccc2)C[C@H]1c1ccc(F)cc1. The van der Waals surface area contributed by atoms with E-state index in [1.165, 1.54) is 11.1 Å². The number of nitrogens with zero attached hydrogens (tertiary/aromatic N) is 1. The summed E-state index contributed by atoms with van der Waals surface area (Å²) < 4.78 is 13.2. The number of hydrogen-bond donors (Lipinski definition) is 1. The second-order valence-corrected chi connectivity index (χ2v) is 6.16. The van der Waals surface area contributed by atoms with E-state index in [4.69, 9.17) is 0 Å². The molecule has 0 aromatic heterocycles. The van der Waals surface area contributed by atoms with Gasteiger partial charge in [-0.15, -0.1) is 0 Å². The van der Waals surface area contributed by atoms with Crippen LogP contribution in [0.3, 0.4) is 0 Å². The summed E-state index contributed by atoms with van der Waals surface area (Å²) in [5.74, 6) is 0.879. The highest BCUT2D eigenvalue weighted by Crippen LogP contribution is 2.33. The number of rotatable bonds is 5. The average Bonchev–Trinajstić information content (AvgIpc) is 2.92. The van der Waals surface area contributed by atoms with Crippen LogP contribution in [0, 0.1) is 11.7 Å². The van der Waals surface area contributed by atoms with Gasteiger partial charge >= 0.3 is 0 Å². The molecule has 0 spiro atoms. The Morgan fingerprint density at radius 3 is 2.45 bits per heavy atom. The molecule has 0 unspecified atom stereocenters. The molecule has 3 heteroatoms. The van der Waals surface area contributed by atoms with E-state index < -0.39 is 0 Å². The Morgan fingerprint density at radius 2 is 1.77 bits per heavy atom. The first-order valence-corrected chi connectivity index (χ1v) is 7.92. The van der Waals surface area contributed by atoms with Gasteiger partial charge in [-0.2, -0.15) is 0 Å². The van der Waals surface area contributed by atoms with E-state index >= 15 is 0 Å². The molecule has 22 heavy (non-hydrogen) atoms. The standard InChI is InChI=1S/C19H23FN2/c1-21-11-17-13-22(12-15-5-3-2-4-6-15)14-19(17)16-7-9-18(20)10-8-16/h2-10,17,19,21H,11-14H2,1H3/t17-,19+/m1/s1. The first-order chi connectivity index (χ1) is 10.8. The second kappa shape index (κ2) is 7.03. The highest BCUT2D eigenvalue weighted by molar-refractivity contribution is 5.24. The molecule has 2 nitrogen and oxygen atoms in total. The fraction of sp³-hybridized carbons (Fsp3) is 0.368. The molecule has 1 heterocycles. The molecule has 1 fully saturated rings. The molecular weight excluding hydrogens is 275 g/mol. The quantitative estimate of drug-likeness (QED) is 0.911. The molecule has 3 rings (SSSR count). The lowest BCUT2D eigenvalue weighted by Gasteiger charge is -2.18. The highest BCUT2D eigenvalue weighted by atomic mass is 19.1. The summed E-state index contributed by atoms with van der Waals surface area (Å²) in [7, 11) is 2.00. The number of nitrogens with one attached hydrogen (secondary N) is 1. The van der Waals surface area contributed by atoms with Crippen LogP contribution in [0.4, 0.5) is 4.39 Å². The lowest BCUT2D eigenvalue weighted by molar-refractivity contribution is 0.315. The molecule has 2 aromatic rings. The Hall–Kier alpha value is -1.71. The average molecular weight is 298 g/mol. The second-order valence-electron chi connectivity index (χ2n) is 6.16. The van der Waals surface area contributed by atoms with Gasteiger partial charge in [0.1, 0.15) is 5.82 Å². The lowest BCUT2D eigenvalue weighted by atomic mass is 9.89. The summed E-state index contributed by atoms with van der Waals surface area (Å²) in [6.07, 6.45) is 0. The maximum absolute atomic E-state index is 13.2. The molecule has 2 aromatic carbocycles. The Labute approximate surface area is 132 Å². The summed E-state index contributed by atoms with van der Waals surface area (Å²) >= 11 is 0. The van der Waals surface area contributed by atoms with Crippen molar-refractivity contribution < 1.29 is 4.39 Å². The Bertz CT molecular complexity index is 582. The van der Waals surface area contributed by atoms with E-state index in [9.17, 15) is 4.39 Å². The topological polar surface area (TPSA) is 15.3 Å². The molecule has 0 bridgehead atoms. The van der Waals surface area contributed by atoms with Gasteiger partial charge in [0.15, 0.2) is 0 Å². The monoisotopic (exact) mass is 298 g/mol. The van der Waals surface area contributed by atoms with E-state index in [0.29, 0.717) is 11.8 Å². The van der Waals surface area contributed by atoms with E-state index in [2.05, 4.69) is 40.5 Å². The third kappa shape index (κ3) is 3.54. The van der Waals surface area contributed by atoms with Crippen molar-refractivity contribution in [3.63, 3.8) is 0 Å². The summed E-state index contributed by atoms with van der Waals surface area (Å²) in [6, 6.07) is 17.6. The molecule has 0 amide bonds. The molecule has 1 saturated heterocycles. The predicted molar refractivity (Wildman–Crippen MR) is 88.3 cm³/mol. The van der Waals surface area contributed by atoms with Crippen LogP contribution in [0.5, 0.6) is 0 Å². The Balaban J connectivity index is 1.73. The van der Waals surface area contributed by atoms with Crippen molar-refractivity contribution >= 4 is 0 Å². The van der Waals surface area contributed by atoms with Gasteiger partial charge in [0.2, 0.25) is 0 Å². The van der Waals surface area contributed by atoms with Gasteiger partial charge in [0.05, 0.1) is 0 Å². The fourth-order valence-corrected chi connectivity index (χ4v) is 3.49. The van der Waals surface area contributed by atoms with Crippen molar-refractivity contribution in [3.8, 4) is 0 Å². The van der Waals surface area contributed by atoms with Gasteiger partial charge in [-0.05, 0) is 42.8 Å². The van der Waals surface area contributed by atoms with Crippen LogP contribution in [0.15, 0.2) is 54.6 Å². The van der Waals surface area contributed by atoms with Crippen LogP contribution in [0.2, 0.25) is 0 Å². The molecule has 0 radical (unpaired) electrons. The Morgan fingerprint density at radius 1 is 1.05 bits per heavy atom. The van der Waals surface area contributed by atoms with Crippen molar-refractivity contribution in [2.45, 2.75) is 12.5 Å². The largest absolute Gasteiger partial charge is 0.319 e. The van der Waals surface area contributed by atoms with Crippen LogP contribution < -0.4 is 5.32 Å². The van der Waals surface area contributed by atoms with Gasteiger partial charge in [-0.25, -0.2) is 4.39 Å². The van der Waals surface area contributed by atoms with Crippen LogP contribution in [-0.2, 0) is 6.54 Å². The number of likely N-dealkylation sites (tertiary alicyclic amines) is 1. The minimum Gasteiger partial charge on any atom is -0.319 e. The smallest absolute Gasteiger partial charge is 0.123 e. The van der Waals surface area contributed by atoms with Gasteiger partial charge in [-0.1, -0.05) is 42.5 Å². The zero-order chi connectivity index (χ0) is 15.4. The maximum atomic E-state index is 13.2. The van der Waals surface area contributed by atoms with Crippen LogP contribution in [-0.4, -0.2) is 31.6 Å². The third-order valence-electron chi connectivity index (χ3n) is 4.53. The molecule has 1 aliphatic rings. The molecule has 2 atom stereocenters. The summed E-state index contributed by atoms with van der Waals surface area (Å²) in [4.78, 5) is 2.51. The van der Waals surface area contributed by atoms with E-state index in [1.54, 1.807) is 12.1 Å². The van der Waals surface area contributed by atoms with Gasteiger partial charge in [-0.3, -0.25) is 4.90 Å². The summed E-state index contributed by atoms with van der Waals surface area (Å²) in [5.41, 5.74) is 2.60. The predicted octanol–water partition coefficient (Wildman–Crippen LogP) is 3.26. The minimum absolute atomic E-state index is 0.159. The van der Waals surface area contributed by atoms with Crippen molar-refractivity contribution in [1.29, 1.82) is 0 Å². The van der Waals surface area contributed by atoms with Crippen molar-refractivity contribution in [2.24, 2.45) is 5.92 Å². The fourth-order valence-electron chi connectivity index (χ4n) is 3.49. The number of halogens is 1. The van der Waals surface area contributed by atoms with E-state index in [1.807, 2.05) is 19.2 Å². The number of hydrogen-bond acceptors (Lipinski definition) is 2. The lowest BCUT2D eigenvalue weighted by Crippen LogP contribution is -2.25. The van der Waals surface area contributed by atoms with Crippen molar-refractivity contribution in [3.05, 3.63) is 71.5 Å². The summed E-state index contributed by atoms with van der Waals surface area (Å²) in [5, 5.41) is 3.30. The molecule has 1 aliphatic heterocycles. The van der Waals surface area contributed by atoms with Crippen molar-refractivity contribution in [2.75, 3.05) is 26.7 Å². The molecular formula is C19H23FN2. The number of benzene rings is 2. The minimum atomic E-state index is -0.159.